The van der Waals surface area contributed by atoms with Gasteiger partial charge in [-0.3, -0.25) is 0 Å². The number of rotatable bonds is 3. The van der Waals surface area contributed by atoms with Crippen LogP contribution in [0.25, 0.3) is 0 Å². The fraction of sp³-hybridized carbons (Fsp3) is 0.533. The minimum atomic E-state index is -2.90. The van der Waals surface area contributed by atoms with Crippen molar-refractivity contribution in [1.29, 1.82) is 0 Å². The van der Waals surface area contributed by atoms with Crippen LogP contribution < -0.4 is 15.4 Å². The monoisotopic (exact) mass is 324 g/mol. The molecule has 2 aliphatic heterocycles. The number of hydrogen-bond acceptors (Lipinski definition) is 4. The van der Waals surface area contributed by atoms with Crippen molar-refractivity contribution in [3.63, 3.8) is 0 Å². The minimum absolute atomic E-state index is 0.0257. The molecule has 2 heterocycles. The number of para-hydroxylation sites is 1. The lowest BCUT2D eigenvalue weighted by Crippen LogP contribution is -2.41. The third-order valence-corrected chi connectivity index (χ3v) is 5.98. The molecule has 1 aromatic carbocycles. The second kappa shape index (κ2) is 6.16. The highest BCUT2D eigenvalue weighted by molar-refractivity contribution is 7.91. The van der Waals surface area contributed by atoms with Gasteiger partial charge in [-0.2, -0.15) is 0 Å². The quantitative estimate of drug-likeness (QED) is 0.876. The predicted molar refractivity (Wildman–Crippen MR) is 82.6 cm³/mol. The second-order valence-electron chi connectivity index (χ2n) is 5.85. The van der Waals surface area contributed by atoms with Crippen molar-refractivity contribution >= 4 is 15.9 Å². The number of fused-ring (bicyclic) bond motifs is 1. The molecule has 22 heavy (non-hydrogen) atoms. The van der Waals surface area contributed by atoms with Crippen LogP contribution in [-0.2, 0) is 9.84 Å². The first-order valence-corrected chi connectivity index (χ1v) is 9.32. The van der Waals surface area contributed by atoms with Crippen molar-refractivity contribution in [1.82, 2.24) is 10.6 Å². The van der Waals surface area contributed by atoms with E-state index < -0.39 is 9.84 Å². The third-order valence-electron chi connectivity index (χ3n) is 4.14. The summed E-state index contributed by atoms with van der Waals surface area (Å²) in [5.41, 5.74) is 0.979. The highest BCUT2D eigenvalue weighted by Gasteiger charge is 2.28. The van der Waals surface area contributed by atoms with E-state index in [1.54, 1.807) is 0 Å². The number of nitrogens with one attached hydrogen (secondary N) is 2. The van der Waals surface area contributed by atoms with Gasteiger partial charge in [0.25, 0.3) is 0 Å². The molecule has 0 bridgehead atoms. The largest absolute Gasteiger partial charge is 0.493 e. The van der Waals surface area contributed by atoms with Crippen LogP contribution in [-0.4, -0.2) is 39.1 Å². The molecular formula is C15H20N2O4S. The summed E-state index contributed by atoms with van der Waals surface area (Å²) >= 11 is 0. The van der Waals surface area contributed by atoms with Gasteiger partial charge in [0, 0.05) is 18.5 Å². The van der Waals surface area contributed by atoms with E-state index in [4.69, 9.17) is 4.74 Å². The first-order valence-electron chi connectivity index (χ1n) is 7.50. The second-order valence-corrected chi connectivity index (χ2v) is 8.08. The number of sulfone groups is 1. The Labute approximate surface area is 130 Å². The van der Waals surface area contributed by atoms with E-state index in [1.165, 1.54) is 0 Å². The van der Waals surface area contributed by atoms with Crippen molar-refractivity contribution in [2.45, 2.75) is 18.9 Å². The van der Waals surface area contributed by atoms with Gasteiger partial charge >= 0.3 is 6.03 Å². The summed E-state index contributed by atoms with van der Waals surface area (Å²) in [6, 6.07) is 7.34. The topological polar surface area (TPSA) is 84.5 Å². The fourth-order valence-corrected chi connectivity index (χ4v) is 4.83. The fourth-order valence-electron chi connectivity index (χ4n) is 2.97. The number of hydrogen-bond donors (Lipinski definition) is 2. The van der Waals surface area contributed by atoms with Crippen LogP contribution in [0.4, 0.5) is 4.79 Å². The molecule has 2 unspecified atom stereocenters. The van der Waals surface area contributed by atoms with E-state index in [0.717, 1.165) is 17.7 Å². The number of urea groups is 1. The van der Waals surface area contributed by atoms with Gasteiger partial charge in [0.2, 0.25) is 0 Å². The maximum Gasteiger partial charge on any atom is 0.315 e. The van der Waals surface area contributed by atoms with E-state index >= 15 is 0 Å². The van der Waals surface area contributed by atoms with E-state index in [2.05, 4.69) is 10.6 Å². The molecule has 2 atom stereocenters. The summed E-state index contributed by atoms with van der Waals surface area (Å²) in [5.74, 6) is 1.24. The Hall–Kier alpha value is -1.76. The van der Waals surface area contributed by atoms with Gasteiger partial charge in [-0.1, -0.05) is 18.2 Å². The van der Waals surface area contributed by atoms with Crippen LogP contribution in [0, 0.1) is 5.92 Å². The minimum Gasteiger partial charge on any atom is -0.493 e. The van der Waals surface area contributed by atoms with Crippen molar-refractivity contribution in [2.24, 2.45) is 5.92 Å². The molecule has 0 spiro atoms. The molecule has 0 aliphatic carbocycles. The molecule has 6 nitrogen and oxygen atoms in total. The van der Waals surface area contributed by atoms with Crippen LogP contribution in [0.15, 0.2) is 24.3 Å². The molecule has 2 amide bonds. The highest BCUT2D eigenvalue weighted by Crippen LogP contribution is 2.31. The lowest BCUT2D eigenvalue weighted by atomic mass is 10.0. The Balaban J connectivity index is 1.53. The van der Waals surface area contributed by atoms with E-state index in [0.29, 0.717) is 19.6 Å². The molecule has 0 saturated carbocycles. The zero-order chi connectivity index (χ0) is 15.6. The van der Waals surface area contributed by atoms with Gasteiger partial charge in [0.05, 0.1) is 24.2 Å². The van der Waals surface area contributed by atoms with Crippen molar-refractivity contribution < 1.29 is 17.9 Å². The third kappa shape index (κ3) is 3.52. The Morgan fingerprint density at radius 3 is 2.86 bits per heavy atom. The molecule has 0 aromatic heterocycles. The average Bonchev–Trinajstić information content (AvgIpc) is 2.85. The standard InChI is InChI=1S/C15H20N2O4S/c18-15(16-9-11-6-8-22(19,20)10-11)17-13-5-7-21-14-4-2-1-3-12(13)14/h1-4,11,13H,5-10H2,(H2,16,17,18). The summed E-state index contributed by atoms with van der Waals surface area (Å²) in [7, 11) is -2.90. The molecule has 7 heteroatoms. The highest BCUT2D eigenvalue weighted by atomic mass is 32.2. The molecule has 1 fully saturated rings. The summed E-state index contributed by atoms with van der Waals surface area (Å²) in [6.45, 7) is 0.971. The van der Waals surface area contributed by atoms with Gasteiger partial charge in [-0.25, -0.2) is 13.2 Å². The lowest BCUT2D eigenvalue weighted by molar-refractivity contribution is 0.222. The summed E-state index contributed by atoms with van der Waals surface area (Å²) in [5, 5.41) is 5.73. The van der Waals surface area contributed by atoms with E-state index in [1.807, 2.05) is 24.3 Å². The first kappa shape index (κ1) is 15.1. The molecule has 120 valence electrons. The van der Waals surface area contributed by atoms with Crippen LogP contribution in [0.1, 0.15) is 24.4 Å². The number of carbonyl (C=O) groups excluding carboxylic acids is 1. The molecule has 0 radical (unpaired) electrons. The lowest BCUT2D eigenvalue weighted by Gasteiger charge is -2.26. The summed E-state index contributed by atoms with van der Waals surface area (Å²) < 4.78 is 28.4. The molecule has 2 aliphatic rings. The van der Waals surface area contributed by atoms with Crippen molar-refractivity contribution in [2.75, 3.05) is 24.7 Å². The zero-order valence-corrected chi connectivity index (χ0v) is 13.1. The van der Waals surface area contributed by atoms with Gasteiger partial charge in [-0.15, -0.1) is 0 Å². The van der Waals surface area contributed by atoms with E-state index in [-0.39, 0.29) is 29.5 Å². The van der Waals surface area contributed by atoms with Gasteiger partial charge in [0.1, 0.15) is 5.75 Å². The van der Waals surface area contributed by atoms with E-state index in [9.17, 15) is 13.2 Å². The Morgan fingerprint density at radius 2 is 2.09 bits per heavy atom. The van der Waals surface area contributed by atoms with Crippen LogP contribution in [0.2, 0.25) is 0 Å². The van der Waals surface area contributed by atoms with Crippen LogP contribution >= 0.6 is 0 Å². The predicted octanol–water partition coefficient (Wildman–Crippen LogP) is 1.24. The molecular weight excluding hydrogens is 304 g/mol. The molecule has 3 rings (SSSR count). The number of amides is 2. The van der Waals surface area contributed by atoms with Gasteiger partial charge < -0.3 is 15.4 Å². The van der Waals surface area contributed by atoms with Gasteiger partial charge in [0.15, 0.2) is 9.84 Å². The molecule has 2 N–H and O–H groups in total. The van der Waals surface area contributed by atoms with Crippen LogP contribution in [0.3, 0.4) is 0 Å². The van der Waals surface area contributed by atoms with Crippen LogP contribution in [0.5, 0.6) is 5.75 Å². The SMILES string of the molecule is O=C(NCC1CCS(=O)(=O)C1)NC1CCOc2ccccc21. The number of benzene rings is 1. The Morgan fingerprint density at radius 1 is 1.27 bits per heavy atom. The molecule has 1 aromatic rings. The Kier molecular flexibility index (Phi) is 4.24. The van der Waals surface area contributed by atoms with Crippen molar-refractivity contribution in [3.8, 4) is 5.75 Å². The maximum atomic E-state index is 12.0. The number of carbonyl (C=O) groups is 1. The number of ether oxygens (including phenoxy) is 1. The van der Waals surface area contributed by atoms with Gasteiger partial charge in [-0.05, 0) is 18.4 Å². The van der Waals surface area contributed by atoms with Crippen molar-refractivity contribution in [3.05, 3.63) is 29.8 Å². The molecule has 1 saturated heterocycles. The average molecular weight is 324 g/mol. The summed E-state index contributed by atoms with van der Waals surface area (Å²) in [4.78, 5) is 12.0. The summed E-state index contributed by atoms with van der Waals surface area (Å²) in [6.07, 6.45) is 1.35. The smallest absolute Gasteiger partial charge is 0.315 e. The normalized spacial score (nSPS) is 25.8. The zero-order valence-electron chi connectivity index (χ0n) is 12.2. The first-order chi connectivity index (χ1) is 10.5. The Bertz CT molecular complexity index is 659. The maximum absolute atomic E-state index is 12.0.